The number of rotatable bonds is 94. The minimum atomic E-state index is -4.97. The summed E-state index contributed by atoms with van der Waals surface area (Å²) in [5, 5.41) is 10.7. The summed E-state index contributed by atoms with van der Waals surface area (Å²) in [6.45, 7) is 5.10. The van der Waals surface area contributed by atoms with E-state index in [4.69, 9.17) is 37.0 Å². The van der Waals surface area contributed by atoms with Gasteiger partial charge in [-0.05, 0) is 25.7 Å². The van der Waals surface area contributed by atoms with Crippen LogP contribution in [0.25, 0.3) is 0 Å². The van der Waals surface area contributed by atoms with Crippen LogP contribution in [-0.4, -0.2) is 96.7 Å². The van der Waals surface area contributed by atoms with Crippen LogP contribution in [0.3, 0.4) is 0 Å². The largest absolute Gasteiger partial charge is 0.472 e. The normalized spacial score (nSPS) is 13.6. The molecule has 5 atom stereocenters. The minimum absolute atomic E-state index is 0.110. The molecule has 112 heavy (non-hydrogen) atoms. The lowest BCUT2D eigenvalue weighted by atomic mass is 10.0. The van der Waals surface area contributed by atoms with Crippen LogP contribution in [0.1, 0.15) is 516 Å². The summed E-state index contributed by atoms with van der Waals surface area (Å²) in [5.74, 6) is -2.09. The summed E-state index contributed by atoms with van der Waals surface area (Å²) < 4.78 is 69.1. The maximum atomic E-state index is 13.2. The summed E-state index contributed by atoms with van der Waals surface area (Å²) in [4.78, 5) is 73.5. The molecule has 0 rings (SSSR count). The molecule has 0 aromatic carbocycles. The highest BCUT2D eigenvalue weighted by Crippen LogP contribution is 2.45. The third-order valence-corrected chi connectivity index (χ3v) is 24.0. The van der Waals surface area contributed by atoms with Crippen LogP contribution in [0.4, 0.5) is 0 Å². The fourth-order valence-electron chi connectivity index (χ4n) is 14.8. The van der Waals surface area contributed by atoms with Gasteiger partial charge in [0.1, 0.15) is 19.3 Å². The molecule has 0 aromatic rings. The van der Waals surface area contributed by atoms with Gasteiger partial charge in [-0.1, -0.05) is 464 Å². The zero-order valence-electron chi connectivity index (χ0n) is 73.7. The number of hydrogen-bond donors (Lipinski definition) is 3. The van der Waals surface area contributed by atoms with E-state index >= 15 is 0 Å². The second kappa shape index (κ2) is 86.9. The van der Waals surface area contributed by atoms with Gasteiger partial charge < -0.3 is 33.8 Å². The first kappa shape index (κ1) is 110. The van der Waals surface area contributed by atoms with Crippen molar-refractivity contribution in [1.82, 2.24) is 0 Å². The molecule has 17 nitrogen and oxygen atoms in total. The van der Waals surface area contributed by atoms with Gasteiger partial charge in [0.05, 0.1) is 26.4 Å². The number of hydrogen-bond acceptors (Lipinski definition) is 15. The average Bonchev–Trinajstić information content (AvgIpc) is 0.900. The van der Waals surface area contributed by atoms with Gasteiger partial charge in [-0.25, -0.2) is 9.13 Å². The van der Waals surface area contributed by atoms with E-state index in [2.05, 4.69) is 27.7 Å². The average molecular weight is 1630 g/mol. The lowest BCUT2D eigenvalue weighted by Crippen LogP contribution is -2.30. The highest BCUT2D eigenvalue weighted by molar-refractivity contribution is 7.47. The standard InChI is InChI=1S/C93H182O17P2/c1-5-9-13-17-21-25-29-33-36-39-41-43-45-47-50-53-56-60-64-68-72-76-80-93(98)110-89(84-104-91(96)78-74-70-66-62-58-54-51-49-46-44-42-40-37-34-30-26-22-18-14-10-6-2)86-108-112(101,102)106-82-87(94)81-105-111(99,100)107-85-88(83-103-90(95)77-73-69-65-61-57-32-28-24-20-16-12-8-4)109-92(97)79-75-71-67-63-59-55-52-48-38-35-31-27-23-19-15-11-7-3/h87-89,94H,5-86H2,1-4H3,(H,99,100)(H,101,102)/t87-,88+,89+/m0/s1. The fraction of sp³-hybridized carbons (Fsp3) is 0.957. The van der Waals surface area contributed by atoms with E-state index in [0.717, 1.165) is 89.9 Å². The Morgan fingerprint density at radius 3 is 0.527 bits per heavy atom. The van der Waals surface area contributed by atoms with Crippen molar-refractivity contribution in [3.05, 3.63) is 0 Å². The molecule has 19 heteroatoms. The molecule has 0 saturated heterocycles. The molecule has 3 N–H and O–H groups in total. The molecule has 0 bridgehead atoms. The quantitative estimate of drug-likeness (QED) is 0.0222. The number of unbranched alkanes of at least 4 members (excludes halogenated alkanes) is 68. The maximum Gasteiger partial charge on any atom is 0.472 e. The molecule has 0 radical (unpaired) electrons. The summed E-state index contributed by atoms with van der Waals surface area (Å²) >= 11 is 0. The molecular weight excluding hydrogens is 1450 g/mol. The smallest absolute Gasteiger partial charge is 0.462 e. The van der Waals surface area contributed by atoms with E-state index in [-0.39, 0.29) is 25.7 Å². The van der Waals surface area contributed by atoms with Crippen LogP contribution in [-0.2, 0) is 65.4 Å². The predicted molar refractivity (Wildman–Crippen MR) is 465 cm³/mol. The molecule has 0 aliphatic heterocycles. The Morgan fingerprint density at radius 1 is 0.214 bits per heavy atom. The first-order valence-electron chi connectivity index (χ1n) is 48.3. The molecule has 0 saturated carbocycles. The summed E-state index contributed by atoms with van der Waals surface area (Å²) in [7, 11) is -9.94. The number of phosphoric acid groups is 2. The molecule has 666 valence electrons. The van der Waals surface area contributed by atoms with Crippen molar-refractivity contribution in [3.8, 4) is 0 Å². The van der Waals surface area contributed by atoms with Gasteiger partial charge in [0.15, 0.2) is 12.2 Å². The Hall–Kier alpha value is -1.94. The molecule has 0 aromatic heterocycles. The SMILES string of the molecule is CCCCCCCCCCCCCCCCCCCCCCCCC(=O)O[C@H](COC(=O)CCCCCCCCCCCCCCCCCCCCCCC)COP(=O)(O)OC[C@@H](O)COP(=O)(O)OC[C@@H](COC(=O)CCCCCCCCCCCCCC)OC(=O)CCCCCCCCCCCCCCCCCCC. The number of phosphoric ester groups is 2. The molecule has 0 aliphatic carbocycles. The highest BCUT2D eigenvalue weighted by atomic mass is 31.2. The first-order chi connectivity index (χ1) is 54.7. The van der Waals surface area contributed by atoms with Gasteiger partial charge >= 0.3 is 39.5 Å². The molecule has 0 fully saturated rings. The van der Waals surface area contributed by atoms with Crippen molar-refractivity contribution in [2.75, 3.05) is 39.6 Å². The van der Waals surface area contributed by atoms with Crippen molar-refractivity contribution in [2.45, 2.75) is 534 Å². The zero-order valence-corrected chi connectivity index (χ0v) is 75.5. The fourth-order valence-corrected chi connectivity index (χ4v) is 16.3. The maximum absolute atomic E-state index is 13.2. The van der Waals surface area contributed by atoms with Gasteiger partial charge in [-0.15, -0.1) is 0 Å². The van der Waals surface area contributed by atoms with Crippen molar-refractivity contribution >= 4 is 39.5 Å². The third-order valence-electron chi connectivity index (χ3n) is 22.1. The third kappa shape index (κ3) is 85.9. The summed E-state index contributed by atoms with van der Waals surface area (Å²) in [5.41, 5.74) is 0. The Kier molecular flexibility index (Phi) is 85.4. The van der Waals surface area contributed by atoms with Crippen molar-refractivity contribution in [2.24, 2.45) is 0 Å². The molecule has 0 spiro atoms. The Balaban J connectivity index is 5.23. The van der Waals surface area contributed by atoms with Gasteiger partial charge in [0, 0.05) is 25.7 Å². The molecule has 0 aliphatic rings. The molecule has 2 unspecified atom stereocenters. The van der Waals surface area contributed by atoms with Crippen LogP contribution >= 0.6 is 15.6 Å². The van der Waals surface area contributed by atoms with Gasteiger partial charge in [-0.2, -0.15) is 0 Å². The van der Waals surface area contributed by atoms with Crippen LogP contribution < -0.4 is 0 Å². The monoisotopic (exact) mass is 1630 g/mol. The van der Waals surface area contributed by atoms with Gasteiger partial charge in [-0.3, -0.25) is 37.3 Å². The Morgan fingerprint density at radius 2 is 0.357 bits per heavy atom. The number of carbonyl (C=O) groups is 4. The summed E-state index contributed by atoms with van der Waals surface area (Å²) in [6, 6.07) is 0. The zero-order chi connectivity index (χ0) is 81.7. The van der Waals surface area contributed by atoms with E-state index in [1.54, 1.807) is 0 Å². The van der Waals surface area contributed by atoms with E-state index in [1.807, 2.05) is 0 Å². The van der Waals surface area contributed by atoms with E-state index < -0.39 is 97.5 Å². The van der Waals surface area contributed by atoms with Crippen LogP contribution in [0.15, 0.2) is 0 Å². The number of ether oxygens (including phenoxy) is 4. The number of carbonyl (C=O) groups excluding carboxylic acids is 4. The number of esters is 4. The lowest BCUT2D eigenvalue weighted by molar-refractivity contribution is -0.161. The van der Waals surface area contributed by atoms with Crippen molar-refractivity contribution in [1.29, 1.82) is 0 Å². The molecule has 0 amide bonds. The number of aliphatic hydroxyl groups excluding tert-OH is 1. The van der Waals surface area contributed by atoms with E-state index in [1.165, 1.54) is 347 Å². The van der Waals surface area contributed by atoms with Crippen LogP contribution in [0.2, 0.25) is 0 Å². The van der Waals surface area contributed by atoms with Crippen molar-refractivity contribution in [3.63, 3.8) is 0 Å². The summed E-state index contributed by atoms with van der Waals surface area (Å²) in [6.07, 6.45) is 84.9. The number of aliphatic hydroxyl groups is 1. The second-order valence-electron chi connectivity index (χ2n) is 33.4. The Labute approximate surface area is 689 Å². The highest BCUT2D eigenvalue weighted by Gasteiger charge is 2.31. The molecule has 0 heterocycles. The van der Waals surface area contributed by atoms with E-state index in [9.17, 15) is 43.2 Å². The van der Waals surface area contributed by atoms with Crippen LogP contribution in [0, 0.1) is 0 Å². The first-order valence-corrected chi connectivity index (χ1v) is 51.3. The second-order valence-corrected chi connectivity index (χ2v) is 36.3. The Bertz CT molecular complexity index is 2100. The van der Waals surface area contributed by atoms with E-state index in [0.29, 0.717) is 25.7 Å². The minimum Gasteiger partial charge on any atom is -0.462 e. The topological polar surface area (TPSA) is 237 Å². The lowest BCUT2D eigenvalue weighted by Gasteiger charge is -2.21. The van der Waals surface area contributed by atoms with Gasteiger partial charge in [0.2, 0.25) is 0 Å². The van der Waals surface area contributed by atoms with Gasteiger partial charge in [0.25, 0.3) is 0 Å². The van der Waals surface area contributed by atoms with Crippen molar-refractivity contribution < 1.29 is 80.2 Å². The van der Waals surface area contributed by atoms with Crippen LogP contribution in [0.5, 0.6) is 0 Å². The molecular formula is C93H182O17P2. The predicted octanol–water partition coefficient (Wildman–Crippen LogP) is 29.3.